The Labute approximate surface area is 124 Å². The number of benzene rings is 1. The molecule has 0 saturated carbocycles. The van der Waals surface area contributed by atoms with Crippen LogP contribution >= 0.6 is 0 Å². The monoisotopic (exact) mass is 313 g/mol. The zero-order valence-electron chi connectivity index (χ0n) is 11.5. The summed E-state index contributed by atoms with van der Waals surface area (Å²) < 4.78 is 41.7. The summed E-state index contributed by atoms with van der Waals surface area (Å²) >= 11 is 0. The maximum atomic E-state index is 12.0. The van der Waals surface area contributed by atoms with Crippen LogP contribution in [-0.4, -0.2) is 28.4 Å². The molecule has 0 saturated heterocycles. The van der Waals surface area contributed by atoms with Crippen LogP contribution < -0.4 is 10.1 Å². The molecule has 8 heteroatoms. The van der Waals surface area contributed by atoms with Crippen LogP contribution in [-0.2, 0) is 6.54 Å². The summed E-state index contributed by atoms with van der Waals surface area (Å²) in [6.07, 6.45) is 1.15. The Morgan fingerprint density at radius 3 is 2.59 bits per heavy atom. The molecule has 1 heterocycles. The van der Waals surface area contributed by atoms with E-state index in [1.165, 1.54) is 12.1 Å². The van der Waals surface area contributed by atoms with Crippen LogP contribution in [0.3, 0.4) is 0 Å². The minimum Gasteiger partial charge on any atom is -0.406 e. The van der Waals surface area contributed by atoms with Gasteiger partial charge >= 0.3 is 6.36 Å². The fraction of sp³-hybridized carbons (Fsp3) is 0.286. The molecule has 0 atom stereocenters. The van der Waals surface area contributed by atoms with E-state index in [0.29, 0.717) is 6.54 Å². The predicted molar refractivity (Wildman–Crippen MR) is 72.3 cm³/mol. The molecule has 2 rings (SSSR count). The standard InChI is InChI=1S/C14H14F3N3O2/c15-14(16,17)22-12-4-2-11(3-5-12)13(21)19-6-1-8-20-9-7-18-10-20/h2-5,7,9-10H,1,6,8H2,(H,19,21). The number of halogens is 3. The molecular weight excluding hydrogens is 299 g/mol. The maximum absolute atomic E-state index is 12.0. The highest BCUT2D eigenvalue weighted by molar-refractivity contribution is 5.94. The van der Waals surface area contributed by atoms with E-state index in [-0.39, 0.29) is 17.2 Å². The maximum Gasteiger partial charge on any atom is 0.573 e. The van der Waals surface area contributed by atoms with Crippen molar-refractivity contribution in [2.24, 2.45) is 0 Å². The Bertz CT molecular complexity index is 595. The third-order valence-electron chi connectivity index (χ3n) is 2.79. The number of imidazole rings is 1. The highest BCUT2D eigenvalue weighted by Gasteiger charge is 2.31. The lowest BCUT2D eigenvalue weighted by molar-refractivity contribution is -0.274. The van der Waals surface area contributed by atoms with Crippen LogP contribution in [0.25, 0.3) is 0 Å². The van der Waals surface area contributed by atoms with Crippen molar-refractivity contribution in [2.45, 2.75) is 19.3 Å². The average Bonchev–Trinajstić information content (AvgIpc) is 2.95. The highest BCUT2D eigenvalue weighted by Crippen LogP contribution is 2.22. The summed E-state index contributed by atoms with van der Waals surface area (Å²) in [5.41, 5.74) is 0.275. The lowest BCUT2D eigenvalue weighted by atomic mass is 10.2. The summed E-state index contributed by atoms with van der Waals surface area (Å²) in [6.45, 7) is 1.18. The lowest BCUT2D eigenvalue weighted by Crippen LogP contribution is -2.25. The summed E-state index contributed by atoms with van der Waals surface area (Å²) in [5, 5.41) is 2.69. The number of alkyl halides is 3. The van der Waals surface area contributed by atoms with E-state index in [2.05, 4.69) is 15.0 Å². The van der Waals surface area contributed by atoms with Gasteiger partial charge in [-0.1, -0.05) is 0 Å². The van der Waals surface area contributed by atoms with E-state index in [1.54, 1.807) is 12.5 Å². The number of aryl methyl sites for hydroxylation is 1. The van der Waals surface area contributed by atoms with E-state index < -0.39 is 6.36 Å². The van der Waals surface area contributed by atoms with Crippen molar-refractivity contribution in [1.82, 2.24) is 14.9 Å². The molecule has 1 aromatic carbocycles. The molecular formula is C14H14F3N3O2. The molecule has 0 aliphatic rings. The number of aromatic nitrogens is 2. The Hall–Kier alpha value is -2.51. The van der Waals surface area contributed by atoms with Crippen LogP contribution in [0.15, 0.2) is 43.0 Å². The summed E-state index contributed by atoms with van der Waals surface area (Å²) in [5.74, 6) is -0.701. The zero-order valence-corrected chi connectivity index (χ0v) is 11.5. The molecule has 5 nitrogen and oxygen atoms in total. The van der Waals surface area contributed by atoms with E-state index in [9.17, 15) is 18.0 Å². The first-order valence-electron chi connectivity index (χ1n) is 6.54. The average molecular weight is 313 g/mol. The van der Waals surface area contributed by atoms with Gasteiger partial charge in [0.05, 0.1) is 6.33 Å². The molecule has 0 unspecified atom stereocenters. The van der Waals surface area contributed by atoms with Gasteiger partial charge in [0, 0.05) is 31.0 Å². The van der Waals surface area contributed by atoms with Gasteiger partial charge < -0.3 is 14.6 Å². The SMILES string of the molecule is O=C(NCCCn1ccnc1)c1ccc(OC(F)(F)F)cc1. The topological polar surface area (TPSA) is 56.2 Å². The van der Waals surface area contributed by atoms with Crippen LogP contribution in [0, 0.1) is 0 Å². The molecule has 1 amide bonds. The molecule has 22 heavy (non-hydrogen) atoms. The second kappa shape index (κ2) is 6.97. The summed E-state index contributed by atoms with van der Waals surface area (Å²) in [6, 6.07) is 4.78. The quantitative estimate of drug-likeness (QED) is 0.834. The molecule has 1 aromatic heterocycles. The first-order valence-corrected chi connectivity index (χ1v) is 6.54. The van der Waals surface area contributed by atoms with Gasteiger partial charge in [-0.25, -0.2) is 4.98 Å². The molecule has 0 fully saturated rings. The van der Waals surface area contributed by atoms with Crippen molar-refractivity contribution in [2.75, 3.05) is 6.54 Å². The number of amides is 1. The van der Waals surface area contributed by atoms with Gasteiger partial charge in [0.25, 0.3) is 5.91 Å². The van der Waals surface area contributed by atoms with Gasteiger partial charge in [0.2, 0.25) is 0 Å². The predicted octanol–water partition coefficient (Wildman–Crippen LogP) is 2.60. The van der Waals surface area contributed by atoms with Crippen LogP contribution in [0.2, 0.25) is 0 Å². The van der Waals surface area contributed by atoms with Crippen LogP contribution in [0.1, 0.15) is 16.8 Å². The van der Waals surface area contributed by atoms with Gasteiger partial charge in [-0.2, -0.15) is 0 Å². The number of hydrogen-bond donors (Lipinski definition) is 1. The van der Waals surface area contributed by atoms with Crippen molar-refractivity contribution in [3.8, 4) is 5.75 Å². The molecule has 2 aromatic rings. The van der Waals surface area contributed by atoms with Crippen molar-refractivity contribution < 1.29 is 22.7 Å². The van der Waals surface area contributed by atoms with E-state index in [1.807, 2.05) is 10.8 Å². The minimum atomic E-state index is -4.74. The Morgan fingerprint density at radius 2 is 2.00 bits per heavy atom. The number of ether oxygens (including phenoxy) is 1. The number of nitrogens with one attached hydrogen (secondary N) is 1. The van der Waals surface area contributed by atoms with Gasteiger partial charge in [-0.3, -0.25) is 4.79 Å². The van der Waals surface area contributed by atoms with Crippen LogP contribution in [0.5, 0.6) is 5.75 Å². The molecule has 1 N–H and O–H groups in total. The Kier molecular flexibility index (Phi) is 5.03. The van der Waals surface area contributed by atoms with Crippen molar-refractivity contribution in [1.29, 1.82) is 0 Å². The fourth-order valence-corrected chi connectivity index (χ4v) is 1.79. The number of nitrogens with zero attached hydrogens (tertiary/aromatic N) is 2. The molecule has 0 aliphatic heterocycles. The Morgan fingerprint density at radius 1 is 1.27 bits per heavy atom. The highest BCUT2D eigenvalue weighted by atomic mass is 19.4. The van der Waals surface area contributed by atoms with Crippen molar-refractivity contribution in [3.05, 3.63) is 48.5 Å². The number of hydrogen-bond acceptors (Lipinski definition) is 3. The van der Waals surface area contributed by atoms with Crippen molar-refractivity contribution >= 4 is 5.91 Å². The van der Waals surface area contributed by atoms with Gasteiger partial charge in [-0.15, -0.1) is 13.2 Å². The van der Waals surface area contributed by atoms with Gasteiger partial charge in [0.15, 0.2) is 0 Å². The molecule has 118 valence electrons. The normalized spacial score (nSPS) is 11.2. The largest absolute Gasteiger partial charge is 0.573 e. The van der Waals surface area contributed by atoms with E-state index in [0.717, 1.165) is 25.1 Å². The van der Waals surface area contributed by atoms with Crippen molar-refractivity contribution in [3.63, 3.8) is 0 Å². The third kappa shape index (κ3) is 5.12. The Balaban J connectivity index is 1.77. The number of carbonyl (C=O) groups excluding carboxylic acids is 1. The minimum absolute atomic E-state index is 0.275. The third-order valence-corrected chi connectivity index (χ3v) is 2.79. The van der Waals surface area contributed by atoms with Gasteiger partial charge in [0.1, 0.15) is 5.75 Å². The molecule has 0 bridgehead atoms. The van der Waals surface area contributed by atoms with E-state index >= 15 is 0 Å². The molecule has 0 aliphatic carbocycles. The first-order chi connectivity index (χ1) is 10.4. The van der Waals surface area contributed by atoms with Gasteiger partial charge in [-0.05, 0) is 30.7 Å². The number of carbonyl (C=O) groups is 1. The fourth-order valence-electron chi connectivity index (χ4n) is 1.79. The lowest BCUT2D eigenvalue weighted by Gasteiger charge is -2.09. The summed E-state index contributed by atoms with van der Waals surface area (Å²) in [7, 11) is 0. The molecule has 0 spiro atoms. The second-order valence-electron chi connectivity index (χ2n) is 4.48. The second-order valence-corrected chi connectivity index (χ2v) is 4.48. The first kappa shape index (κ1) is 15.9. The zero-order chi connectivity index (χ0) is 16.0. The smallest absolute Gasteiger partial charge is 0.406 e. The number of rotatable bonds is 6. The van der Waals surface area contributed by atoms with E-state index in [4.69, 9.17) is 0 Å². The summed E-state index contributed by atoms with van der Waals surface area (Å²) in [4.78, 5) is 15.7. The van der Waals surface area contributed by atoms with Crippen LogP contribution in [0.4, 0.5) is 13.2 Å². The molecule has 0 radical (unpaired) electrons.